The number of aryl methyl sites for hydroxylation is 1. The molecule has 5 rings (SSSR count). The van der Waals surface area contributed by atoms with E-state index in [0.717, 1.165) is 67.5 Å². The highest BCUT2D eigenvalue weighted by molar-refractivity contribution is 7.13. The Morgan fingerprint density at radius 2 is 2.12 bits per heavy atom. The van der Waals surface area contributed by atoms with E-state index in [9.17, 15) is 4.79 Å². The molecule has 0 spiro atoms. The summed E-state index contributed by atoms with van der Waals surface area (Å²) in [5.74, 6) is 3.05. The molecule has 4 heterocycles. The van der Waals surface area contributed by atoms with Crippen LogP contribution in [-0.4, -0.2) is 72.3 Å². The quantitative estimate of drug-likeness (QED) is 0.527. The molecule has 1 aromatic carbocycles. The Bertz CT molecular complexity index is 1080. The zero-order valence-electron chi connectivity index (χ0n) is 18.7. The molecule has 0 bridgehead atoms. The van der Waals surface area contributed by atoms with Crippen LogP contribution in [-0.2, 0) is 17.6 Å². The molecular weight excluding hydrogens is 440 g/mol. The number of benzene rings is 1. The summed E-state index contributed by atoms with van der Waals surface area (Å²) in [5, 5.41) is 6.08. The second kappa shape index (κ2) is 9.93. The van der Waals surface area contributed by atoms with Crippen LogP contribution in [0.5, 0.6) is 11.5 Å². The van der Waals surface area contributed by atoms with Gasteiger partial charge in [-0.25, -0.2) is 0 Å². The van der Waals surface area contributed by atoms with Crippen LogP contribution in [0.15, 0.2) is 40.2 Å². The summed E-state index contributed by atoms with van der Waals surface area (Å²) < 4.78 is 16.6. The molecule has 1 fully saturated rings. The monoisotopic (exact) mass is 468 g/mol. The van der Waals surface area contributed by atoms with E-state index in [1.54, 1.807) is 18.4 Å². The highest BCUT2D eigenvalue weighted by Crippen LogP contribution is 2.31. The first-order valence-electron chi connectivity index (χ1n) is 11.4. The van der Waals surface area contributed by atoms with Gasteiger partial charge in [0.1, 0.15) is 18.1 Å². The number of thiophene rings is 1. The van der Waals surface area contributed by atoms with Crippen molar-refractivity contribution in [2.45, 2.75) is 19.3 Å². The van der Waals surface area contributed by atoms with Crippen LogP contribution in [0.2, 0.25) is 0 Å². The lowest BCUT2D eigenvalue weighted by Gasteiger charge is -2.37. The molecule has 2 aliphatic rings. The second-order valence-corrected chi connectivity index (χ2v) is 9.39. The Labute approximate surface area is 197 Å². The Morgan fingerprint density at radius 1 is 1.24 bits per heavy atom. The van der Waals surface area contributed by atoms with Gasteiger partial charge in [-0.2, -0.15) is 4.98 Å². The van der Waals surface area contributed by atoms with Gasteiger partial charge >= 0.3 is 0 Å². The number of aromatic nitrogens is 2. The third-order valence-corrected chi connectivity index (χ3v) is 7.15. The lowest BCUT2D eigenvalue weighted by Crippen LogP contribution is -2.51. The Balaban J connectivity index is 1.06. The molecule has 3 aromatic rings. The van der Waals surface area contributed by atoms with Crippen molar-refractivity contribution in [1.82, 2.24) is 19.9 Å². The Kier molecular flexibility index (Phi) is 6.59. The van der Waals surface area contributed by atoms with Crippen molar-refractivity contribution in [3.63, 3.8) is 0 Å². The van der Waals surface area contributed by atoms with E-state index >= 15 is 0 Å². The second-order valence-electron chi connectivity index (χ2n) is 8.45. The van der Waals surface area contributed by atoms with Crippen molar-refractivity contribution in [3.8, 4) is 22.2 Å². The maximum absolute atomic E-state index is 13.1. The van der Waals surface area contributed by atoms with E-state index in [1.807, 2.05) is 40.6 Å². The fraction of sp³-hybridized carbons (Fsp3) is 0.458. The van der Waals surface area contributed by atoms with Gasteiger partial charge in [0, 0.05) is 32.6 Å². The highest BCUT2D eigenvalue weighted by Gasteiger charge is 2.31. The Morgan fingerprint density at radius 3 is 2.91 bits per heavy atom. The van der Waals surface area contributed by atoms with E-state index in [4.69, 9.17) is 14.0 Å². The zero-order valence-corrected chi connectivity index (χ0v) is 19.6. The first kappa shape index (κ1) is 21.9. The number of nitrogens with zero attached hydrogens (tertiary/aromatic N) is 4. The number of carbonyl (C=O) groups is 1. The minimum absolute atomic E-state index is 0.133. The summed E-state index contributed by atoms with van der Waals surface area (Å²) in [7, 11) is 1.65. The van der Waals surface area contributed by atoms with Crippen molar-refractivity contribution < 1.29 is 18.8 Å². The van der Waals surface area contributed by atoms with Gasteiger partial charge in [0.25, 0.3) is 0 Å². The van der Waals surface area contributed by atoms with E-state index in [-0.39, 0.29) is 11.8 Å². The number of amides is 1. The third kappa shape index (κ3) is 5.04. The number of hydrogen-bond donors (Lipinski definition) is 0. The maximum Gasteiger partial charge on any atom is 0.229 e. The molecule has 1 unspecified atom stereocenters. The molecule has 174 valence electrons. The number of fused-ring (bicyclic) bond motifs is 1. The summed E-state index contributed by atoms with van der Waals surface area (Å²) in [5.41, 5.74) is 1.04. The molecule has 33 heavy (non-hydrogen) atoms. The topological polar surface area (TPSA) is 80.9 Å². The number of methoxy groups -OCH3 is 1. The standard InChI is InChI=1S/C24H28N4O4S/c1-30-19-6-7-20-17(15-19)14-18(16-31-20)24(29)28-11-9-27(10-12-28)8-2-5-22-25-23(26-32-22)21-4-3-13-33-21/h3-4,6-7,13,15,18H,2,5,8-12,14,16H2,1H3. The van der Waals surface area contributed by atoms with Crippen LogP contribution >= 0.6 is 11.3 Å². The normalized spacial score (nSPS) is 18.6. The lowest BCUT2D eigenvalue weighted by atomic mass is 9.95. The zero-order chi connectivity index (χ0) is 22.6. The van der Waals surface area contributed by atoms with Gasteiger partial charge < -0.3 is 18.9 Å². The maximum atomic E-state index is 13.1. The Hall–Kier alpha value is -2.91. The summed E-state index contributed by atoms with van der Waals surface area (Å²) >= 11 is 1.61. The van der Waals surface area contributed by atoms with Gasteiger partial charge in [-0.15, -0.1) is 11.3 Å². The molecule has 8 nitrogen and oxygen atoms in total. The lowest BCUT2D eigenvalue weighted by molar-refractivity contribution is -0.138. The fourth-order valence-electron chi connectivity index (χ4n) is 4.42. The van der Waals surface area contributed by atoms with Crippen LogP contribution in [0.1, 0.15) is 17.9 Å². The van der Waals surface area contributed by atoms with Gasteiger partial charge in [0.05, 0.1) is 17.9 Å². The first-order valence-corrected chi connectivity index (χ1v) is 12.2. The average molecular weight is 469 g/mol. The third-order valence-electron chi connectivity index (χ3n) is 6.28. The predicted molar refractivity (Wildman–Crippen MR) is 125 cm³/mol. The van der Waals surface area contributed by atoms with Crippen LogP contribution in [0.3, 0.4) is 0 Å². The van der Waals surface area contributed by atoms with E-state index in [0.29, 0.717) is 24.7 Å². The number of hydrogen-bond acceptors (Lipinski definition) is 8. The van der Waals surface area contributed by atoms with Crippen molar-refractivity contribution in [2.24, 2.45) is 5.92 Å². The summed E-state index contributed by atoms with van der Waals surface area (Å²) in [6.45, 7) is 4.67. The molecular formula is C24H28N4O4S. The van der Waals surface area contributed by atoms with Crippen molar-refractivity contribution in [3.05, 3.63) is 47.2 Å². The van der Waals surface area contributed by atoms with Crippen LogP contribution in [0, 0.1) is 5.92 Å². The average Bonchev–Trinajstić information content (AvgIpc) is 3.56. The minimum atomic E-state index is -0.133. The fourth-order valence-corrected chi connectivity index (χ4v) is 5.07. The molecule has 0 aliphatic carbocycles. The smallest absolute Gasteiger partial charge is 0.229 e. The van der Waals surface area contributed by atoms with Gasteiger partial charge in [-0.3, -0.25) is 9.69 Å². The molecule has 9 heteroatoms. The molecule has 0 N–H and O–H groups in total. The summed E-state index contributed by atoms with van der Waals surface area (Å²) in [6.07, 6.45) is 2.41. The molecule has 1 atom stereocenters. The largest absolute Gasteiger partial charge is 0.497 e. The number of carbonyl (C=O) groups excluding carboxylic acids is 1. The number of ether oxygens (including phenoxy) is 2. The molecule has 2 aliphatic heterocycles. The van der Waals surface area contributed by atoms with E-state index in [1.165, 1.54) is 0 Å². The predicted octanol–water partition coefficient (Wildman–Crippen LogP) is 3.13. The van der Waals surface area contributed by atoms with Gasteiger partial charge in [-0.05, 0) is 54.6 Å². The van der Waals surface area contributed by atoms with Crippen LogP contribution < -0.4 is 9.47 Å². The van der Waals surface area contributed by atoms with Crippen molar-refractivity contribution >= 4 is 17.2 Å². The van der Waals surface area contributed by atoms with Gasteiger partial charge in [0.2, 0.25) is 17.6 Å². The SMILES string of the molecule is COc1ccc2c(c1)CC(C(=O)N1CCN(CCCc3nc(-c4cccs4)no3)CC1)CO2. The molecule has 0 radical (unpaired) electrons. The van der Waals surface area contributed by atoms with E-state index < -0.39 is 0 Å². The van der Waals surface area contributed by atoms with Crippen molar-refractivity contribution in [2.75, 3.05) is 46.4 Å². The molecule has 1 amide bonds. The molecule has 1 saturated heterocycles. The number of rotatable bonds is 7. The van der Waals surface area contributed by atoms with Gasteiger partial charge in [0.15, 0.2) is 0 Å². The minimum Gasteiger partial charge on any atom is -0.497 e. The summed E-state index contributed by atoms with van der Waals surface area (Å²) in [6, 6.07) is 9.76. The highest BCUT2D eigenvalue weighted by atomic mass is 32.1. The van der Waals surface area contributed by atoms with Crippen LogP contribution in [0.25, 0.3) is 10.7 Å². The molecule has 0 saturated carbocycles. The van der Waals surface area contributed by atoms with Gasteiger partial charge in [-0.1, -0.05) is 11.2 Å². The number of piperazine rings is 1. The van der Waals surface area contributed by atoms with Crippen LogP contribution in [0.4, 0.5) is 0 Å². The van der Waals surface area contributed by atoms with E-state index in [2.05, 4.69) is 15.0 Å². The first-order chi connectivity index (χ1) is 16.2. The summed E-state index contributed by atoms with van der Waals surface area (Å²) in [4.78, 5) is 23.0. The molecule has 2 aromatic heterocycles. The van der Waals surface area contributed by atoms with Crippen molar-refractivity contribution in [1.29, 1.82) is 0 Å².